The number of carbonyl (C=O) groups excluding carboxylic acids is 1. The topological polar surface area (TPSA) is 32.3 Å². The van der Waals surface area contributed by atoms with E-state index in [-0.39, 0.29) is 18.3 Å². The van der Waals surface area contributed by atoms with Crippen molar-refractivity contribution in [2.24, 2.45) is 0 Å². The van der Waals surface area contributed by atoms with Gasteiger partial charge >= 0.3 is 0 Å². The van der Waals surface area contributed by atoms with Crippen molar-refractivity contribution in [1.82, 2.24) is 10.2 Å². The number of aryl methyl sites for hydroxylation is 1. The minimum Gasteiger partial charge on any atom is -0.341 e. The molecule has 0 radical (unpaired) electrons. The summed E-state index contributed by atoms with van der Waals surface area (Å²) >= 11 is 0. The van der Waals surface area contributed by atoms with Gasteiger partial charge in [-0.05, 0) is 36.9 Å². The van der Waals surface area contributed by atoms with E-state index in [0.717, 1.165) is 31.5 Å². The zero-order valence-corrected chi connectivity index (χ0v) is 13.9. The average Bonchev–Trinajstić information content (AvgIpc) is 3.00. The molecule has 4 heteroatoms. The minimum atomic E-state index is 0. The lowest BCUT2D eigenvalue weighted by molar-refractivity contribution is -0.130. The lowest BCUT2D eigenvalue weighted by Crippen LogP contribution is -2.39. The van der Waals surface area contributed by atoms with Crippen LogP contribution < -0.4 is 5.32 Å². The molecule has 21 heavy (non-hydrogen) atoms. The highest BCUT2D eigenvalue weighted by Crippen LogP contribution is 2.12. The summed E-state index contributed by atoms with van der Waals surface area (Å²) in [6.07, 6.45) is 5.17. The molecule has 3 nitrogen and oxygen atoms in total. The van der Waals surface area contributed by atoms with Gasteiger partial charge in [-0.1, -0.05) is 37.6 Å². The fourth-order valence-corrected chi connectivity index (χ4v) is 2.68. The molecule has 1 atom stereocenters. The summed E-state index contributed by atoms with van der Waals surface area (Å²) in [5.74, 6) is 0.222. The zero-order chi connectivity index (χ0) is 14.4. The molecule has 1 aliphatic rings. The van der Waals surface area contributed by atoms with Crippen molar-refractivity contribution >= 4 is 18.3 Å². The highest BCUT2D eigenvalue weighted by Gasteiger charge is 2.22. The van der Waals surface area contributed by atoms with E-state index < -0.39 is 0 Å². The van der Waals surface area contributed by atoms with Crippen LogP contribution in [0, 0.1) is 0 Å². The maximum absolute atomic E-state index is 12.3. The molecule has 1 heterocycles. The van der Waals surface area contributed by atoms with E-state index in [1.165, 1.54) is 18.4 Å². The molecule has 1 saturated heterocycles. The number of likely N-dealkylation sites (N-methyl/N-ethyl adjacent to an activating group) is 1. The van der Waals surface area contributed by atoms with Gasteiger partial charge in [-0.15, -0.1) is 12.4 Å². The third kappa shape index (κ3) is 5.33. The molecular formula is C17H27ClN2O. The van der Waals surface area contributed by atoms with Crippen molar-refractivity contribution in [3.05, 3.63) is 35.4 Å². The van der Waals surface area contributed by atoms with Gasteiger partial charge in [0, 0.05) is 19.6 Å². The van der Waals surface area contributed by atoms with Crippen molar-refractivity contribution < 1.29 is 4.79 Å². The van der Waals surface area contributed by atoms with E-state index in [4.69, 9.17) is 0 Å². The van der Waals surface area contributed by atoms with Crippen molar-refractivity contribution in [1.29, 1.82) is 0 Å². The van der Waals surface area contributed by atoms with E-state index in [2.05, 4.69) is 36.5 Å². The lowest BCUT2D eigenvalue weighted by Gasteiger charge is -2.23. The smallest absolute Gasteiger partial charge is 0.227 e. The van der Waals surface area contributed by atoms with Crippen LogP contribution >= 0.6 is 12.4 Å². The van der Waals surface area contributed by atoms with Crippen molar-refractivity contribution in [3.8, 4) is 0 Å². The first-order chi connectivity index (χ1) is 9.70. The Kier molecular flexibility index (Phi) is 7.76. The quantitative estimate of drug-likeness (QED) is 0.876. The van der Waals surface area contributed by atoms with Gasteiger partial charge in [-0.25, -0.2) is 0 Å². The van der Waals surface area contributed by atoms with Crippen LogP contribution in [0.25, 0.3) is 0 Å². The molecule has 1 fully saturated rings. The molecule has 0 spiro atoms. The van der Waals surface area contributed by atoms with Gasteiger partial charge in [0.25, 0.3) is 0 Å². The van der Waals surface area contributed by atoms with Gasteiger partial charge in [-0.2, -0.15) is 0 Å². The summed E-state index contributed by atoms with van der Waals surface area (Å²) in [4.78, 5) is 14.2. The van der Waals surface area contributed by atoms with Crippen LogP contribution in [0.1, 0.15) is 37.3 Å². The van der Waals surface area contributed by atoms with E-state index in [1.807, 2.05) is 11.9 Å². The first kappa shape index (κ1) is 18.0. The number of nitrogens with zero attached hydrogens (tertiary/aromatic N) is 1. The lowest BCUT2D eigenvalue weighted by atomic mass is 10.0. The van der Waals surface area contributed by atoms with Crippen molar-refractivity contribution in [2.75, 3.05) is 20.1 Å². The predicted octanol–water partition coefficient (Wildman–Crippen LogP) is 2.81. The van der Waals surface area contributed by atoms with Gasteiger partial charge in [0.2, 0.25) is 5.91 Å². The molecular weight excluding hydrogens is 284 g/mol. The zero-order valence-electron chi connectivity index (χ0n) is 13.1. The first-order valence-electron chi connectivity index (χ1n) is 7.75. The summed E-state index contributed by atoms with van der Waals surface area (Å²) in [5, 5.41) is 3.31. The van der Waals surface area contributed by atoms with E-state index in [1.54, 1.807) is 0 Å². The standard InChI is InChI=1S/C17H26N2O.ClH/c1-3-4-5-14-6-8-15(9-7-14)12-17(20)19(2)16-10-11-18-13-16;/h6-9,16,18H,3-5,10-13H2,1-2H3;1H. The van der Waals surface area contributed by atoms with Gasteiger partial charge in [0.05, 0.1) is 6.42 Å². The van der Waals surface area contributed by atoms with Gasteiger partial charge in [0.15, 0.2) is 0 Å². The van der Waals surface area contributed by atoms with Crippen LogP contribution in [0.3, 0.4) is 0 Å². The van der Waals surface area contributed by atoms with Gasteiger partial charge in [-0.3, -0.25) is 4.79 Å². The third-order valence-corrected chi connectivity index (χ3v) is 4.17. The molecule has 0 saturated carbocycles. The van der Waals surface area contributed by atoms with E-state index in [9.17, 15) is 4.79 Å². The number of amides is 1. The molecule has 1 aliphatic heterocycles. The molecule has 1 aromatic carbocycles. The second-order valence-corrected chi connectivity index (χ2v) is 5.75. The maximum Gasteiger partial charge on any atom is 0.227 e. The summed E-state index contributed by atoms with van der Waals surface area (Å²) in [5.41, 5.74) is 2.49. The minimum absolute atomic E-state index is 0. The number of nitrogens with one attached hydrogen (secondary N) is 1. The fraction of sp³-hybridized carbons (Fsp3) is 0.588. The molecule has 118 valence electrons. The Bertz CT molecular complexity index is 427. The third-order valence-electron chi connectivity index (χ3n) is 4.17. The fourth-order valence-electron chi connectivity index (χ4n) is 2.68. The molecule has 0 aliphatic carbocycles. The number of benzene rings is 1. The van der Waals surface area contributed by atoms with Gasteiger partial charge in [0.1, 0.15) is 0 Å². The number of carbonyl (C=O) groups is 1. The highest BCUT2D eigenvalue weighted by molar-refractivity contribution is 5.85. The number of rotatable bonds is 6. The second-order valence-electron chi connectivity index (χ2n) is 5.75. The Morgan fingerprint density at radius 2 is 1.95 bits per heavy atom. The molecule has 1 N–H and O–H groups in total. The Hall–Kier alpha value is -1.06. The van der Waals surface area contributed by atoms with Crippen LogP contribution in [-0.4, -0.2) is 37.0 Å². The molecule has 0 aromatic heterocycles. The Balaban J connectivity index is 0.00000220. The first-order valence-corrected chi connectivity index (χ1v) is 7.75. The largest absolute Gasteiger partial charge is 0.341 e. The van der Waals surface area contributed by atoms with E-state index in [0.29, 0.717) is 12.5 Å². The van der Waals surface area contributed by atoms with Crippen LogP contribution in [-0.2, 0) is 17.6 Å². The van der Waals surface area contributed by atoms with Gasteiger partial charge < -0.3 is 10.2 Å². The Morgan fingerprint density at radius 1 is 1.29 bits per heavy atom. The van der Waals surface area contributed by atoms with Crippen molar-refractivity contribution in [2.45, 2.75) is 45.1 Å². The average molecular weight is 311 g/mol. The second kappa shape index (κ2) is 9.06. The van der Waals surface area contributed by atoms with Crippen LogP contribution in [0.5, 0.6) is 0 Å². The molecule has 2 rings (SSSR count). The number of halogens is 1. The Labute approximate surface area is 134 Å². The maximum atomic E-state index is 12.3. The molecule has 1 unspecified atom stereocenters. The highest BCUT2D eigenvalue weighted by atomic mass is 35.5. The van der Waals surface area contributed by atoms with E-state index >= 15 is 0 Å². The number of hydrogen-bond donors (Lipinski definition) is 1. The Morgan fingerprint density at radius 3 is 2.52 bits per heavy atom. The predicted molar refractivity (Wildman–Crippen MR) is 90.1 cm³/mol. The molecule has 0 bridgehead atoms. The normalized spacial score (nSPS) is 17.3. The summed E-state index contributed by atoms with van der Waals surface area (Å²) < 4.78 is 0. The summed E-state index contributed by atoms with van der Waals surface area (Å²) in [6, 6.07) is 8.89. The summed E-state index contributed by atoms with van der Waals surface area (Å²) in [7, 11) is 1.93. The number of hydrogen-bond acceptors (Lipinski definition) is 2. The van der Waals surface area contributed by atoms with Crippen LogP contribution in [0.15, 0.2) is 24.3 Å². The van der Waals surface area contributed by atoms with Crippen molar-refractivity contribution in [3.63, 3.8) is 0 Å². The summed E-state index contributed by atoms with van der Waals surface area (Å²) in [6.45, 7) is 4.16. The van der Waals surface area contributed by atoms with Crippen LogP contribution in [0.4, 0.5) is 0 Å². The molecule has 1 aromatic rings. The SMILES string of the molecule is CCCCc1ccc(CC(=O)N(C)C2CCNC2)cc1.Cl. The number of unbranched alkanes of at least 4 members (excludes halogenated alkanes) is 1. The monoisotopic (exact) mass is 310 g/mol. The molecule has 1 amide bonds. The van der Waals surface area contributed by atoms with Crippen LogP contribution in [0.2, 0.25) is 0 Å².